The zero-order valence-electron chi connectivity index (χ0n) is 25.3. The average molecular weight is 605 g/mol. The molecule has 5 N–H and O–H groups in total. The number of likely N-dealkylation sites (tertiary alicyclic amines) is 1. The number of nitrogens with one attached hydrogen (secondary N) is 2. The second-order valence-corrected chi connectivity index (χ2v) is 11.4. The molecule has 45 heavy (non-hydrogen) atoms. The molecule has 4 aromatic carbocycles. The van der Waals surface area contributed by atoms with Crippen LogP contribution in [0.15, 0.2) is 72.8 Å². The molecule has 0 radical (unpaired) electrons. The number of amidine groups is 2. The summed E-state index contributed by atoms with van der Waals surface area (Å²) in [6.07, 6.45) is 1.55. The van der Waals surface area contributed by atoms with E-state index >= 15 is 0 Å². The number of aromatic nitrogens is 2. The number of carbonyl (C=O) groups is 1. The number of carboxylic acid groups (broad SMARTS) is 1. The first kappa shape index (κ1) is 29.7. The number of nitrogen functional groups attached to an aromatic ring is 1. The van der Waals surface area contributed by atoms with E-state index in [0.29, 0.717) is 29.4 Å². The first-order valence-electron chi connectivity index (χ1n) is 15.0. The van der Waals surface area contributed by atoms with Crippen LogP contribution in [0.25, 0.3) is 21.8 Å². The predicted molar refractivity (Wildman–Crippen MR) is 175 cm³/mol. The highest BCUT2D eigenvalue weighted by Gasteiger charge is 2.24. The fraction of sp³-hybridized carbons (Fsp3) is 0.257. The van der Waals surface area contributed by atoms with E-state index in [-0.39, 0.29) is 24.1 Å². The summed E-state index contributed by atoms with van der Waals surface area (Å²) >= 11 is 0. The number of hydrogen-bond acceptors (Lipinski definition) is 6. The molecule has 1 fully saturated rings. The van der Waals surface area contributed by atoms with Crippen LogP contribution in [0.4, 0.5) is 0 Å². The lowest BCUT2D eigenvalue weighted by Gasteiger charge is -2.33. The highest BCUT2D eigenvalue weighted by Crippen LogP contribution is 2.36. The topological polar surface area (TPSA) is 151 Å². The van der Waals surface area contributed by atoms with Gasteiger partial charge in [0.15, 0.2) is 11.5 Å². The molecule has 0 saturated carbocycles. The number of benzene rings is 4. The number of nitrogens with two attached hydrogens (primary N) is 1. The van der Waals surface area contributed by atoms with E-state index in [1.54, 1.807) is 24.3 Å². The van der Waals surface area contributed by atoms with Gasteiger partial charge >= 0.3 is 5.97 Å². The third kappa shape index (κ3) is 6.17. The maximum absolute atomic E-state index is 11.3. The summed E-state index contributed by atoms with van der Waals surface area (Å²) in [4.78, 5) is 18.2. The monoisotopic (exact) mass is 604 g/mol. The molecule has 10 nitrogen and oxygen atoms in total. The quantitative estimate of drug-likeness (QED) is 0.120. The van der Waals surface area contributed by atoms with Gasteiger partial charge in [-0.05, 0) is 47.9 Å². The number of rotatable bonds is 9. The molecule has 0 aliphatic carbocycles. The molecule has 2 heterocycles. The summed E-state index contributed by atoms with van der Waals surface area (Å²) in [6, 6.07) is 22.5. The molecule has 230 valence electrons. The van der Waals surface area contributed by atoms with Crippen LogP contribution in [0.1, 0.15) is 52.6 Å². The molecule has 6 rings (SSSR count). The van der Waals surface area contributed by atoms with Crippen LogP contribution < -0.4 is 15.2 Å². The molecular formula is C35H36N6O4. The first-order valence-corrected chi connectivity index (χ1v) is 15.0. The highest BCUT2D eigenvalue weighted by molar-refractivity contribution is 6.08. The molecule has 0 bridgehead atoms. The fourth-order valence-electron chi connectivity index (χ4n) is 5.96. The standard InChI is InChI=1S/C35H36N6O4/c1-21(36)40-15-13-26(14-16-40)45-33-18-31-30(17-32(33)44-20-23-7-9-24(10-8-23)35(42)43)39-22(2)41(31)19-25-11-12-29(34(37)38)28-6-4-3-5-27(25)28/h3-12,17-18,26,36H,13-16,19-20H2,1-2H3,(H3,37,38)(H,42,43). The maximum Gasteiger partial charge on any atom is 0.335 e. The van der Waals surface area contributed by atoms with Crippen LogP contribution in [0, 0.1) is 17.7 Å². The number of nitrogens with zero attached hydrogens (tertiary/aromatic N) is 3. The van der Waals surface area contributed by atoms with Gasteiger partial charge in [0, 0.05) is 50.2 Å². The summed E-state index contributed by atoms with van der Waals surface area (Å²) in [7, 11) is 0. The number of carboxylic acids is 1. The van der Waals surface area contributed by atoms with Gasteiger partial charge in [0.1, 0.15) is 24.4 Å². The van der Waals surface area contributed by atoms with Crippen molar-refractivity contribution in [2.45, 2.75) is 45.9 Å². The van der Waals surface area contributed by atoms with Crippen molar-refractivity contribution >= 4 is 39.4 Å². The normalized spacial score (nSPS) is 13.7. The van der Waals surface area contributed by atoms with Crippen molar-refractivity contribution < 1.29 is 19.4 Å². The summed E-state index contributed by atoms with van der Waals surface area (Å²) in [5.74, 6) is 1.66. The van der Waals surface area contributed by atoms with E-state index in [1.165, 1.54) is 0 Å². The van der Waals surface area contributed by atoms with Gasteiger partial charge in [-0.1, -0.05) is 48.5 Å². The van der Waals surface area contributed by atoms with E-state index in [1.807, 2.05) is 56.3 Å². The van der Waals surface area contributed by atoms with Crippen LogP contribution in [0.2, 0.25) is 0 Å². The number of hydrogen-bond donors (Lipinski definition) is 4. The van der Waals surface area contributed by atoms with Gasteiger partial charge in [0.25, 0.3) is 0 Å². The van der Waals surface area contributed by atoms with Crippen molar-refractivity contribution in [1.82, 2.24) is 14.5 Å². The van der Waals surface area contributed by atoms with Gasteiger partial charge in [0.2, 0.25) is 0 Å². The molecular weight excluding hydrogens is 568 g/mol. The number of piperidine rings is 1. The van der Waals surface area contributed by atoms with E-state index in [4.69, 9.17) is 31.0 Å². The smallest absolute Gasteiger partial charge is 0.335 e. The van der Waals surface area contributed by atoms with Crippen molar-refractivity contribution in [1.29, 1.82) is 10.8 Å². The molecule has 10 heteroatoms. The zero-order valence-corrected chi connectivity index (χ0v) is 25.3. The maximum atomic E-state index is 11.3. The lowest BCUT2D eigenvalue weighted by atomic mass is 9.99. The zero-order chi connectivity index (χ0) is 31.7. The second kappa shape index (κ2) is 12.3. The Hall–Kier alpha value is -5.38. The molecule has 1 saturated heterocycles. The Labute approximate surface area is 261 Å². The Balaban J connectivity index is 1.35. The van der Waals surface area contributed by atoms with Crippen LogP contribution in [0.3, 0.4) is 0 Å². The van der Waals surface area contributed by atoms with Gasteiger partial charge in [-0.3, -0.25) is 10.8 Å². The largest absolute Gasteiger partial charge is 0.486 e. The summed E-state index contributed by atoms with van der Waals surface area (Å²) in [5.41, 5.74) is 10.4. The Bertz CT molecular complexity index is 1920. The van der Waals surface area contributed by atoms with Crippen molar-refractivity contribution in [3.63, 3.8) is 0 Å². The second-order valence-electron chi connectivity index (χ2n) is 11.4. The average Bonchev–Trinajstić information content (AvgIpc) is 3.33. The number of imidazole rings is 1. The van der Waals surface area contributed by atoms with Gasteiger partial charge in [0.05, 0.1) is 22.4 Å². The van der Waals surface area contributed by atoms with Crippen molar-refractivity contribution in [3.8, 4) is 11.5 Å². The van der Waals surface area contributed by atoms with Crippen LogP contribution in [-0.2, 0) is 13.2 Å². The van der Waals surface area contributed by atoms with Crippen molar-refractivity contribution in [2.75, 3.05) is 13.1 Å². The lowest BCUT2D eigenvalue weighted by Crippen LogP contribution is -2.40. The Morgan fingerprint density at radius 1 is 1.00 bits per heavy atom. The van der Waals surface area contributed by atoms with Gasteiger partial charge in [-0.15, -0.1) is 0 Å². The summed E-state index contributed by atoms with van der Waals surface area (Å²) in [5, 5.41) is 27.2. The van der Waals surface area contributed by atoms with E-state index in [9.17, 15) is 9.90 Å². The molecule has 0 spiro atoms. The molecule has 0 amide bonds. The third-order valence-electron chi connectivity index (χ3n) is 8.44. The van der Waals surface area contributed by atoms with Gasteiger partial charge in [-0.2, -0.15) is 0 Å². The summed E-state index contributed by atoms with van der Waals surface area (Å²) < 4.78 is 15.1. The van der Waals surface area contributed by atoms with Crippen molar-refractivity contribution in [3.05, 3.63) is 101 Å². The van der Waals surface area contributed by atoms with Crippen LogP contribution in [0.5, 0.6) is 11.5 Å². The predicted octanol–water partition coefficient (Wildman–Crippen LogP) is 5.95. The first-order chi connectivity index (χ1) is 21.7. The molecule has 1 aromatic heterocycles. The molecule has 0 atom stereocenters. The highest BCUT2D eigenvalue weighted by atomic mass is 16.5. The molecule has 1 aliphatic rings. The number of aromatic carboxylic acids is 1. The minimum Gasteiger partial charge on any atom is -0.486 e. The molecule has 5 aromatic rings. The Kier molecular flexibility index (Phi) is 8.12. The van der Waals surface area contributed by atoms with Crippen LogP contribution in [-0.4, -0.2) is 56.4 Å². The lowest BCUT2D eigenvalue weighted by molar-refractivity contribution is 0.0696. The van der Waals surface area contributed by atoms with Gasteiger partial charge < -0.3 is 29.8 Å². The third-order valence-corrected chi connectivity index (χ3v) is 8.44. The fourth-order valence-corrected chi connectivity index (χ4v) is 5.96. The number of aryl methyl sites for hydroxylation is 1. The molecule has 1 aliphatic heterocycles. The Morgan fingerprint density at radius 2 is 1.71 bits per heavy atom. The molecule has 0 unspecified atom stereocenters. The minimum atomic E-state index is -0.971. The van der Waals surface area contributed by atoms with E-state index in [0.717, 1.165) is 64.7 Å². The van der Waals surface area contributed by atoms with E-state index < -0.39 is 5.97 Å². The number of ether oxygens (including phenoxy) is 2. The van der Waals surface area contributed by atoms with E-state index in [2.05, 4.69) is 15.5 Å². The Morgan fingerprint density at radius 3 is 2.38 bits per heavy atom. The number of fused-ring (bicyclic) bond motifs is 2. The SMILES string of the molecule is CC(=N)N1CCC(Oc2cc3c(cc2OCc2ccc(C(=O)O)cc2)nc(C)n3Cc2ccc(C(=N)N)c3ccccc23)CC1. The van der Waals surface area contributed by atoms with Crippen LogP contribution >= 0.6 is 0 Å². The summed E-state index contributed by atoms with van der Waals surface area (Å²) in [6.45, 7) is 6.11. The minimum absolute atomic E-state index is 0.0317. The van der Waals surface area contributed by atoms with Crippen molar-refractivity contribution in [2.24, 2.45) is 5.73 Å². The van der Waals surface area contributed by atoms with Gasteiger partial charge in [-0.25, -0.2) is 9.78 Å².